The summed E-state index contributed by atoms with van der Waals surface area (Å²) in [5, 5.41) is 0.361. The maximum Gasteiger partial charge on any atom is 0.255 e. The fourth-order valence-electron chi connectivity index (χ4n) is 2.35. The number of hydrogen-bond donors (Lipinski definition) is 1. The highest BCUT2D eigenvalue weighted by Gasteiger charge is 2.28. The molecule has 1 aliphatic heterocycles. The molecule has 2 N–H and O–H groups in total. The van der Waals surface area contributed by atoms with E-state index in [0.29, 0.717) is 22.3 Å². The number of nitrogens with zero attached hydrogens (tertiary/aromatic N) is 2. The van der Waals surface area contributed by atoms with Gasteiger partial charge in [-0.05, 0) is 31.7 Å². The van der Waals surface area contributed by atoms with Gasteiger partial charge >= 0.3 is 0 Å². The molecule has 2 heterocycles. The summed E-state index contributed by atoms with van der Waals surface area (Å²) >= 11 is 6.03. The number of piperidine rings is 1. The molecule has 2 unspecified atom stereocenters. The van der Waals surface area contributed by atoms with Crippen LogP contribution in [0.2, 0.25) is 5.02 Å². The summed E-state index contributed by atoms with van der Waals surface area (Å²) in [6, 6.07) is 1.80. The van der Waals surface area contributed by atoms with Crippen molar-refractivity contribution < 1.29 is 4.79 Å². The number of pyridine rings is 1. The molecule has 0 aromatic carbocycles. The van der Waals surface area contributed by atoms with E-state index in [-0.39, 0.29) is 11.9 Å². The Kier molecular flexibility index (Phi) is 3.76. The van der Waals surface area contributed by atoms with E-state index in [4.69, 9.17) is 17.3 Å². The summed E-state index contributed by atoms with van der Waals surface area (Å²) in [6.45, 7) is 5.01. The molecule has 0 bridgehead atoms. The zero-order chi connectivity index (χ0) is 13.3. The van der Waals surface area contributed by atoms with Crippen LogP contribution in [0.1, 0.15) is 37.0 Å². The molecule has 0 spiro atoms. The summed E-state index contributed by atoms with van der Waals surface area (Å²) in [7, 11) is 0. The van der Waals surface area contributed by atoms with Gasteiger partial charge in [0.2, 0.25) is 0 Å². The van der Waals surface area contributed by atoms with E-state index >= 15 is 0 Å². The fourth-order valence-corrected chi connectivity index (χ4v) is 2.53. The molecule has 1 aromatic rings. The molecule has 2 atom stereocenters. The first kappa shape index (κ1) is 13.1. The lowest BCUT2D eigenvalue weighted by atomic mass is 9.94. The second-order valence-corrected chi connectivity index (χ2v) is 5.49. The minimum atomic E-state index is -0.0480. The first-order valence-electron chi connectivity index (χ1n) is 6.21. The van der Waals surface area contributed by atoms with Gasteiger partial charge in [0, 0.05) is 18.8 Å². The molecule has 18 heavy (non-hydrogen) atoms. The maximum atomic E-state index is 12.5. The number of amides is 1. The van der Waals surface area contributed by atoms with Crippen molar-refractivity contribution in [1.29, 1.82) is 0 Å². The zero-order valence-electron chi connectivity index (χ0n) is 10.7. The van der Waals surface area contributed by atoms with Gasteiger partial charge in [0.05, 0.1) is 10.6 Å². The summed E-state index contributed by atoms with van der Waals surface area (Å²) in [4.78, 5) is 18.2. The number of aromatic nitrogens is 1. The van der Waals surface area contributed by atoms with Crippen LogP contribution >= 0.6 is 11.6 Å². The van der Waals surface area contributed by atoms with Gasteiger partial charge in [0.1, 0.15) is 5.82 Å². The largest absolute Gasteiger partial charge is 0.384 e. The Hall–Kier alpha value is -1.29. The molecular weight excluding hydrogens is 250 g/mol. The average molecular weight is 268 g/mol. The number of carbonyl (C=O) groups excluding carboxylic acids is 1. The van der Waals surface area contributed by atoms with E-state index in [1.54, 1.807) is 6.07 Å². The quantitative estimate of drug-likeness (QED) is 0.851. The monoisotopic (exact) mass is 267 g/mol. The van der Waals surface area contributed by atoms with Gasteiger partial charge in [-0.1, -0.05) is 18.5 Å². The predicted octanol–water partition coefficient (Wildman–Crippen LogP) is 2.58. The minimum Gasteiger partial charge on any atom is -0.384 e. The standard InChI is InChI=1S/C13H18ClN3O/c1-8-3-4-9(2)17(7-8)13(18)10-5-12(15)16-6-11(10)14/h5-6,8-9H,3-4,7H2,1-2H3,(H2,15,16). The maximum absolute atomic E-state index is 12.5. The van der Waals surface area contributed by atoms with E-state index in [0.717, 1.165) is 19.4 Å². The Morgan fingerprint density at radius 3 is 2.94 bits per heavy atom. The van der Waals surface area contributed by atoms with E-state index in [1.165, 1.54) is 6.20 Å². The normalized spacial score (nSPS) is 24.1. The SMILES string of the molecule is CC1CCC(C)N(C(=O)c2cc(N)ncc2Cl)C1. The van der Waals surface area contributed by atoms with Crippen LogP contribution in [0.25, 0.3) is 0 Å². The van der Waals surface area contributed by atoms with Crippen molar-refractivity contribution in [1.82, 2.24) is 9.88 Å². The van der Waals surface area contributed by atoms with Crippen LogP contribution in [-0.4, -0.2) is 28.4 Å². The van der Waals surface area contributed by atoms with Gasteiger partial charge in [-0.15, -0.1) is 0 Å². The minimum absolute atomic E-state index is 0.0480. The van der Waals surface area contributed by atoms with Crippen molar-refractivity contribution >= 4 is 23.3 Å². The van der Waals surface area contributed by atoms with Crippen molar-refractivity contribution in [2.45, 2.75) is 32.7 Å². The predicted molar refractivity (Wildman–Crippen MR) is 72.6 cm³/mol. The Balaban J connectivity index is 2.27. The Labute approximate surface area is 112 Å². The van der Waals surface area contributed by atoms with E-state index in [1.807, 2.05) is 4.90 Å². The molecule has 0 saturated carbocycles. The molecule has 1 fully saturated rings. The van der Waals surface area contributed by atoms with E-state index in [2.05, 4.69) is 18.8 Å². The summed E-state index contributed by atoms with van der Waals surface area (Å²) in [5.41, 5.74) is 6.07. The van der Waals surface area contributed by atoms with Crippen LogP contribution in [0, 0.1) is 5.92 Å². The van der Waals surface area contributed by atoms with Crippen LogP contribution in [-0.2, 0) is 0 Å². The van der Waals surface area contributed by atoms with Crippen LogP contribution in [0.5, 0.6) is 0 Å². The Morgan fingerprint density at radius 2 is 2.22 bits per heavy atom. The van der Waals surface area contributed by atoms with Crippen molar-refractivity contribution in [3.05, 3.63) is 22.8 Å². The number of carbonyl (C=O) groups is 1. The second-order valence-electron chi connectivity index (χ2n) is 5.08. The van der Waals surface area contributed by atoms with Crippen molar-refractivity contribution in [2.24, 2.45) is 5.92 Å². The number of likely N-dealkylation sites (tertiary alicyclic amines) is 1. The zero-order valence-corrected chi connectivity index (χ0v) is 11.4. The lowest BCUT2D eigenvalue weighted by Gasteiger charge is -2.37. The molecule has 1 saturated heterocycles. The average Bonchev–Trinajstić information content (AvgIpc) is 2.34. The lowest BCUT2D eigenvalue weighted by Crippen LogP contribution is -2.45. The van der Waals surface area contributed by atoms with Crippen LogP contribution in [0.4, 0.5) is 5.82 Å². The third-order valence-electron chi connectivity index (χ3n) is 3.49. The van der Waals surface area contributed by atoms with Crippen LogP contribution in [0.3, 0.4) is 0 Å². The number of anilines is 1. The fraction of sp³-hybridized carbons (Fsp3) is 0.538. The number of nitrogens with two attached hydrogens (primary N) is 1. The van der Waals surface area contributed by atoms with Crippen LogP contribution < -0.4 is 5.73 Å². The summed E-state index contributed by atoms with van der Waals surface area (Å²) < 4.78 is 0. The molecule has 2 rings (SSSR count). The molecular formula is C13H18ClN3O. The van der Waals surface area contributed by atoms with Gasteiger partial charge in [-0.25, -0.2) is 4.98 Å². The molecule has 1 amide bonds. The first-order valence-corrected chi connectivity index (χ1v) is 6.59. The smallest absolute Gasteiger partial charge is 0.255 e. The molecule has 1 aliphatic rings. The van der Waals surface area contributed by atoms with Crippen LogP contribution in [0.15, 0.2) is 12.3 Å². The molecule has 1 aromatic heterocycles. The van der Waals surface area contributed by atoms with Gasteiger partial charge in [0.15, 0.2) is 0 Å². The Bertz CT molecular complexity index is 464. The third-order valence-corrected chi connectivity index (χ3v) is 3.79. The third kappa shape index (κ3) is 2.58. The van der Waals surface area contributed by atoms with Crippen molar-refractivity contribution in [3.8, 4) is 0 Å². The second kappa shape index (κ2) is 5.14. The van der Waals surface area contributed by atoms with Crippen molar-refractivity contribution in [3.63, 3.8) is 0 Å². The number of hydrogen-bond acceptors (Lipinski definition) is 3. The molecule has 5 heteroatoms. The molecule has 4 nitrogen and oxygen atoms in total. The summed E-state index contributed by atoms with van der Waals surface area (Å²) in [5.74, 6) is 0.803. The number of halogens is 1. The van der Waals surface area contributed by atoms with Gasteiger partial charge in [0.25, 0.3) is 5.91 Å². The highest BCUT2D eigenvalue weighted by molar-refractivity contribution is 6.33. The topological polar surface area (TPSA) is 59.2 Å². The Morgan fingerprint density at radius 1 is 1.50 bits per heavy atom. The van der Waals surface area contributed by atoms with Gasteiger partial charge in [-0.3, -0.25) is 4.79 Å². The highest BCUT2D eigenvalue weighted by Crippen LogP contribution is 2.26. The molecule has 98 valence electrons. The number of rotatable bonds is 1. The van der Waals surface area contributed by atoms with E-state index in [9.17, 15) is 4.79 Å². The number of nitrogen functional groups attached to an aromatic ring is 1. The lowest BCUT2D eigenvalue weighted by molar-refractivity contribution is 0.0574. The molecule has 0 aliphatic carbocycles. The highest BCUT2D eigenvalue weighted by atomic mass is 35.5. The summed E-state index contributed by atoms with van der Waals surface area (Å²) in [6.07, 6.45) is 3.63. The van der Waals surface area contributed by atoms with Gasteiger partial charge in [-0.2, -0.15) is 0 Å². The molecule has 0 radical (unpaired) electrons. The van der Waals surface area contributed by atoms with Crippen molar-refractivity contribution in [2.75, 3.05) is 12.3 Å². The first-order chi connectivity index (χ1) is 8.49. The van der Waals surface area contributed by atoms with E-state index < -0.39 is 0 Å². The van der Waals surface area contributed by atoms with Gasteiger partial charge < -0.3 is 10.6 Å².